The van der Waals surface area contributed by atoms with Gasteiger partial charge in [0.1, 0.15) is 11.6 Å². The highest BCUT2D eigenvalue weighted by molar-refractivity contribution is 7.09. The predicted octanol–water partition coefficient (Wildman–Crippen LogP) is 4.36. The second-order valence-corrected chi connectivity index (χ2v) is 11.9. The van der Waals surface area contributed by atoms with Crippen molar-refractivity contribution < 1.29 is 24.6 Å². The maximum atomic E-state index is 13.3. The van der Waals surface area contributed by atoms with E-state index in [4.69, 9.17) is 0 Å². The van der Waals surface area contributed by atoms with Crippen molar-refractivity contribution in [1.29, 1.82) is 0 Å². The van der Waals surface area contributed by atoms with E-state index in [1.807, 2.05) is 38.3 Å². The van der Waals surface area contributed by atoms with E-state index in [0.717, 1.165) is 21.8 Å². The average Bonchev–Trinajstić information content (AvgIpc) is 3.23. The normalized spacial score (nSPS) is 31.3. The minimum absolute atomic E-state index is 0.0980. The SMILES string of the molecule is C/C1=C/CC(/C(C)=C/c2csc(C)n2)N(C)C(=O)C[C@H](O)C(C)(C)C(=O)[C@H](C)[C@@H](O)C(C)C(=O)CC1. The van der Waals surface area contributed by atoms with Crippen LogP contribution >= 0.6 is 11.3 Å². The lowest BCUT2D eigenvalue weighted by Crippen LogP contribution is -2.48. The standard InChI is InChI=1S/C28H42N2O5S/c1-16-9-11-22(17(2)13-21-15-36-20(5)29-21)30(8)25(33)14-24(32)28(6,7)27(35)19(4)26(34)18(3)23(31)12-10-16/h9,13,15,18-19,22,24,26,32,34H,10-12,14H2,1-8H3/b16-9-,17-13+/t18?,19-,22?,24+,26+/m1/s1. The van der Waals surface area contributed by atoms with E-state index in [1.165, 1.54) is 0 Å². The number of carbonyl (C=O) groups excluding carboxylic acids is 3. The van der Waals surface area contributed by atoms with E-state index in [2.05, 4.69) is 4.98 Å². The first kappa shape index (κ1) is 30.1. The van der Waals surface area contributed by atoms with E-state index < -0.39 is 29.5 Å². The lowest BCUT2D eigenvalue weighted by molar-refractivity contribution is -0.145. The molecule has 0 aliphatic carbocycles. The smallest absolute Gasteiger partial charge is 0.225 e. The molecule has 0 saturated heterocycles. The van der Waals surface area contributed by atoms with Gasteiger partial charge in [0, 0.05) is 30.7 Å². The lowest BCUT2D eigenvalue weighted by Gasteiger charge is -2.36. The topological polar surface area (TPSA) is 108 Å². The van der Waals surface area contributed by atoms with Crippen LogP contribution in [0.2, 0.25) is 0 Å². The third-order valence-corrected chi connectivity index (χ3v) is 8.43. The van der Waals surface area contributed by atoms with Gasteiger partial charge in [-0.05, 0) is 45.3 Å². The number of hydrogen-bond donors (Lipinski definition) is 2. The average molecular weight is 519 g/mol. The largest absolute Gasteiger partial charge is 0.392 e. The van der Waals surface area contributed by atoms with E-state index in [1.54, 1.807) is 51.0 Å². The van der Waals surface area contributed by atoms with Gasteiger partial charge in [-0.3, -0.25) is 14.4 Å². The molecule has 2 N–H and O–H groups in total. The quantitative estimate of drug-likeness (QED) is 0.563. The summed E-state index contributed by atoms with van der Waals surface area (Å²) >= 11 is 1.56. The van der Waals surface area contributed by atoms with Crippen LogP contribution < -0.4 is 0 Å². The van der Waals surface area contributed by atoms with E-state index in [-0.39, 0.29) is 36.4 Å². The van der Waals surface area contributed by atoms with E-state index >= 15 is 0 Å². The van der Waals surface area contributed by atoms with Gasteiger partial charge in [-0.2, -0.15) is 0 Å². The Morgan fingerprint density at radius 3 is 2.36 bits per heavy atom. The van der Waals surface area contributed by atoms with E-state index in [0.29, 0.717) is 12.8 Å². The summed E-state index contributed by atoms with van der Waals surface area (Å²) in [6.07, 6.45) is 2.75. The molecule has 1 aliphatic heterocycles. The van der Waals surface area contributed by atoms with Gasteiger partial charge in [-0.25, -0.2) is 4.98 Å². The third kappa shape index (κ3) is 7.20. The van der Waals surface area contributed by atoms with Crippen molar-refractivity contribution in [1.82, 2.24) is 9.88 Å². The van der Waals surface area contributed by atoms with Gasteiger partial charge in [0.2, 0.25) is 5.91 Å². The number of carbonyl (C=O) groups is 3. The molecule has 5 atom stereocenters. The minimum atomic E-state index is -1.27. The maximum absolute atomic E-state index is 13.3. The van der Waals surface area contributed by atoms with Crippen LogP contribution in [-0.4, -0.2) is 62.9 Å². The molecule has 1 amide bonds. The summed E-state index contributed by atoms with van der Waals surface area (Å²) in [5.74, 6) is -2.30. The van der Waals surface area contributed by atoms with Gasteiger partial charge in [0.15, 0.2) is 0 Å². The van der Waals surface area contributed by atoms with Crippen molar-refractivity contribution in [2.24, 2.45) is 17.3 Å². The van der Waals surface area contributed by atoms with Crippen LogP contribution in [0.4, 0.5) is 0 Å². The number of aliphatic hydroxyl groups is 2. The van der Waals surface area contributed by atoms with Gasteiger partial charge in [0.25, 0.3) is 0 Å². The molecule has 8 heteroatoms. The van der Waals surface area contributed by atoms with Crippen molar-refractivity contribution in [2.45, 2.75) is 92.4 Å². The molecule has 200 valence electrons. The molecule has 2 unspecified atom stereocenters. The zero-order valence-corrected chi connectivity index (χ0v) is 23.7. The molecular formula is C28H42N2O5S. The van der Waals surface area contributed by atoms with Gasteiger partial charge >= 0.3 is 0 Å². The van der Waals surface area contributed by atoms with Crippen molar-refractivity contribution in [3.05, 3.63) is 33.3 Å². The van der Waals surface area contributed by atoms with Crippen LogP contribution in [0.15, 0.2) is 22.6 Å². The van der Waals surface area contributed by atoms with Gasteiger partial charge < -0.3 is 15.1 Å². The number of thiazole rings is 1. The first-order valence-electron chi connectivity index (χ1n) is 12.6. The van der Waals surface area contributed by atoms with Crippen molar-refractivity contribution >= 4 is 34.9 Å². The summed E-state index contributed by atoms with van der Waals surface area (Å²) in [4.78, 5) is 45.5. The number of Topliss-reactive ketones (excluding diaryl/α,β-unsaturated/α-hetero) is 2. The summed E-state index contributed by atoms with van der Waals surface area (Å²) in [5, 5.41) is 24.7. The Kier molecular flexibility index (Phi) is 10.3. The summed E-state index contributed by atoms with van der Waals surface area (Å²) < 4.78 is 0. The Balaban J connectivity index is 2.46. The molecule has 1 aromatic rings. The Labute approximate surface area is 219 Å². The molecule has 1 aliphatic rings. The van der Waals surface area contributed by atoms with Gasteiger partial charge in [-0.15, -0.1) is 11.3 Å². The fourth-order valence-corrected chi connectivity index (χ4v) is 5.23. The number of hydrogen-bond acceptors (Lipinski definition) is 7. The number of rotatable bonds is 2. The Morgan fingerprint density at radius 2 is 1.78 bits per heavy atom. The second-order valence-electron chi connectivity index (χ2n) is 10.8. The molecule has 0 fully saturated rings. The molecule has 1 aromatic heterocycles. The number of likely N-dealkylation sites (N-methyl/N-ethyl adjacent to an activating group) is 1. The molecule has 2 heterocycles. The minimum Gasteiger partial charge on any atom is -0.392 e. The highest BCUT2D eigenvalue weighted by Gasteiger charge is 2.43. The fraction of sp³-hybridized carbons (Fsp3) is 0.643. The van der Waals surface area contributed by atoms with Gasteiger partial charge in [-0.1, -0.05) is 39.3 Å². The molecule has 0 saturated carbocycles. The molecule has 0 spiro atoms. The molecule has 0 bridgehead atoms. The number of allylic oxidation sites excluding steroid dienone is 1. The van der Waals surface area contributed by atoms with Crippen LogP contribution in [0.1, 0.15) is 77.9 Å². The first-order valence-corrected chi connectivity index (χ1v) is 13.5. The Hall–Kier alpha value is -2.16. The number of ketones is 2. The highest BCUT2D eigenvalue weighted by Crippen LogP contribution is 2.32. The highest BCUT2D eigenvalue weighted by atomic mass is 32.1. The molecule has 36 heavy (non-hydrogen) atoms. The number of aryl methyl sites for hydroxylation is 1. The molecule has 0 aromatic carbocycles. The van der Waals surface area contributed by atoms with Crippen molar-refractivity contribution in [3.8, 4) is 0 Å². The van der Waals surface area contributed by atoms with Crippen LogP contribution in [0.25, 0.3) is 6.08 Å². The Bertz CT molecular complexity index is 1020. The summed E-state index contributed by atoms with van der Waals surface area (Å²) in [5.41, 5.74) is 1.53. The van der Waals surface area contributed by atoms with Crippen LogP contribution in [0.3, 0.4) is 0 Å². The fourth-order valence-electron chi connectivity index (χ4n) is 4.66. The van der Waals surface area contributed by atoms with Crippen molar-refractivity contribution in [3.63, 3.8) is 0 Å². The molecule has 7 nitrogen and oxygen atoms in total. The van der Waals surface area contributed by atoms with Gasteiger partial charge in [0.05, 0.1) is 40.8 Å². The predicted molar refractivity (Wildman–Crippen MR) is 143 cm³/mol. The number of amides is 1. The number of aliphatic hydroxyl groups excluding tert-OH is 2. The molecule has 2 rings (SSSR count). The molecular weight excluding hydrogens is 476 g/mol. The first-order chi connectivity index (χ1) is 16.7. The second kappa shape index (κ2) is 12.4. The van der Waals surface area contributed by atoms with Crippen LogP contribution in [0.5, 0.6) is 0 Å². The Morgan fingerprint density at radius 1 is 1.14 bits per heavy atom. The number of nitrogens with zero attached hydrogens (tertiary/aromatic N) is 2. The summed E-state index contributed by atoms with van der Waals surface area (Å²) in [7, 11) is 1.71. The maximum Gasteiger partial charge on any atom is 0.225 e. The van der Waals surface area contributed by atoms with Crippen molar-refractivity contribution in [2.75, 3.05) is 7.05 Å². The number of aromatic nitrogens is 1. The molecule has 0 radical (unpaired) electrons. The monoisotopic (exact) mass is 518 g/mol. The summed E-state index contributed by atoms with van der Waals surface area (Å²) in [6, 6.07) is -0.274. The lowest BCUT2D eigenvalue weighted by atomic mass is 9.72. The van der Waals surface area contributed by atoms with Crippen LogP contribution in [-0.2, 0) is 14.4 Å². The summed E-state index contributed by atoms with van der Waals surface area (Å²) in [6.45, 7) is 12.3. The zero-order chi connectivity index (χ0) is 27.4. The zero-order valence-electron chi connectivity index (χ0n) is 22.9. The van der Waals surface area contributed by atoms with E-state index in [9.17, 15) is 24.6 Å². The third-order valence-electron chi connectivity index (χ3n) is 7.64. The van der Waals surface area contributed by atoms with Crippen LogP contribution in [0, 0.1) is 24.2 Å².